The van der Waals surface area contributed by atoms with Crippen LogP contribution in [0.25, 0.3) is 0 Å². The summed E-state index contributed by atoms with van der Waals surface area (Å²) in [4.78, 5) is 11.9. The van der Waals surface area contributed by atoms with Gasteiger partial charge in [-0.15, -0.1) is 0 Å². The Morgan fingerprint density at radius 2 is 1.19 bits per heavy atom. The van der Waals surface area contributed by atoms with E-state index in [0.717, 1.165) is 64.2 Å². The molecule has 8 aliphatic rings. The molecule has 37 heavy (non-hydrogen) atoms. The Morgan fingerprint density at radius 3 is 1.59 bits per heavy atom. The van der Waals surface area contributed by atoms with Crippen LogP contribution in [0.5, 0.6) is 0 Å². The van der Waals surface area contributed by atoms with Crippen LogP contribution in [0.2, 0.25) is 0 Å². The number of carbonyl (C=O) groups is 1. The van der Waals surface area contributed by atoms with Crippen LogP contribution in [0.3, 0.4) is 0 Å². The predicted molar refractivity (Wildman–Crippen MR) is 131 cm³/mol. The van der Waals surface area contributed by atoms with Crippen LogP contribution in [0.15, 0.2) is 12.2 Å². The molecule has 8 rings (SSSR count). The standard InChI is InChI=1S/C16H24O4.C12H20O3.Na.H2O/c1-11(2)14(18)20-16-8-12-5-13(9-16)7-15(6-12,10-16)19-4-3-17;13-1-2-15-12-6-9-3-10(7-12)5-11(14,4-9)8-12;;/h12-13,17H,1,3-10H2,2H3;9-10,13-14H,1-8H2;;1H2/q;;+1;/p-1. The second kappa shape index (κ2) is 11.8. The van der Waals surface area contributed by atoms with Crippen LogP contribution in [-0.4, -0.2) is 75.6 Å². The first kappa shape index (κ1) is 31.5. The second-order valence-corrected chi connectivity index (χ2v) is 13.0. The molecule has 0 heterocycles. The van der Waals surface area contributed by atoms with Crippen molar-refractivity contribution >= 4 is 5.97 Å². The molecule has 0 aliphatic heterocycles. The van der Waals surface area contributed by atoms with E-state index in [1.807, 2.05) is 0 Å². The van der Waals surface area contributed by atoms with Crippen LogP contribution in [0, 0.1) is 23.7 Å². The summed E-state index contributed by atoms with van der Waals surface area (Å²) in [7, 11) is 0. The molecule has 4 N–H and O–H groups in total. The van der Waals surface area contributed by atoms with Gasteiger partial charge >= 0.3 is 35.5 Å². The average Bonchev–Trinajstić information content (AvgIpc) is 2.74. The zero-order valence-electron chi connectivity index (χ0n) is 22.8. The van der Waals surface area contributed by atoms with Crippen LogP contribution in [0.4, 0.5) is 0 Å². The van der Waals surface area contributed by atoms with Gasteiger partial charge in [0.1, 0.15) is 5.60 Å². The number of ether oxygens (including phenoxy) is 3. The summed E-state index contributed by atoms with van der Waals surface area (Å²) < 4.78 is 17.7. The Bertz CT molecular complexity index is 803. The Balaban J connectivity index is 0.000000202. The molecular formula is C28H45NaO8. The van der Waals surface area contributed by atoms with Crippen molar-refractivity contribution in [1.29, 1.82) is 0 Å². The van der Waals surface area contributed by atoms with Crippen molar-refractivity contribution in [2.45, 2.75) is 106 Å². The Hall–Kier alpha value is -0.0300. The molecule has 8 bridgehead atoms. The number of aliphatic hydroxyl groups is 3. The van der Waals surface area contributed by atoms with Gasteiger partial charge in [-0.05, 0) is 94.8 Å². The minimum Gasteiger partial charge on any atom is -0.870 e. The minimum atomic E-state index is -0.445. The van der Waals surface area contributed by atoms with E-state index >= 15 is 0 Å². The van der Waals surface area contributed by atoms with E-state index in [1.54, 1.807) is 6.92 Å². The molecule has 8 aliphatic carbocycles. The van der Waals surface area contributed by atoms with E-state index in [9.17, 15) is 9.90 Å². The van der Waals surface area contributed by atoms with Crippen molar-refractivity contribution in [2.75, 3.05) is 26.4 Å². The van der Waals surface area contributed by atoms with Gasteiger partial charge in [-0.2, -0.15) is 0 Å². The Morgan fingerprint density at radius 1 is 0.784 bits per heavy atom. The molecule has 0 aromatic heterocycles. The third-order valence-electron chi connectivity index (χ3n) is 9.59. The van der Waals surface area contributed by atoms with Gasteiger partial charge in [0.25, 0.3) is 0 Å². The molecular weight excluding hydrogens is 487 g/mol. The third kappa shape index (κ3) is 6.66. The van der Waals surface area contributed by atoms with Gasteiger partial charge < -0.3 is 35.0 Å². The SMILES string of the molecule is C=C(C)C(=O)OC12CC3CC(CC(OCCO)(C3)C1)C2.OCCOC12CC3CC(CC(O)(C3)C1)C2.[Na+].[OH-]. The van der Waals surface area contributed by atoms with E-state index in [0.29, 0.717) is 42.5 Å². The topological polar surface area (TPSA) is 135 Å². The molecule has 0 amide bonds. The third-order valence-corrected chi connectivity index (χ3v) is 9.59. The average molecular weight is 533 g/mol. The first-order valence-corrected chi connectivity index (χ1v) is 13.7. The number of esters is 1. The van der Waals surface area contributed by atoms with Gasteiger partial charge in [-0.1, -0.05) is 6.58 Å². The maximum absolute atomic E-state index is 11.9. The van der Waals surface area contributed by atoms with Crippen LogP contribution < -0.4 is 29.6 Å². The number of rotatable bonds is 8. The normalized spacial score (nSPS) is 43.8. The van der Waals surface area contributed by atoms with E-state index < -0.39 is 5.60 Å². The molecule has 8 fully saturated rings. The van der Waals surface area contributed by atoms with Gasteiger partial charge in [-0.25, -0.2) is 4.79 Å². The summed E-state index contributed by atoms with van der Waals surface area (Å²) in [5, 5.41) is 28.3. The van der Waals surface area contributed by atoms with Crippen LogP contribution in [0.1, 0.15) is 84.0 Å². The largest absolute Gasteiger partial charge is 1.00 e. The molecule has 9 heteroatoms. The fourth-order valence-electron chi connectivity index (χ4n) is 9.49. The second-order valence-electron chi connectivity index (χ2n) is 13.0. The predicted octanol–water partition coefficient (Wildman–Crippen LogP) is 0.112. The number of carbonyl (C=O) groups excluding carboxylic acids is 1. The molecule has 0 aromatic rings. The molecule has 0 saturated heterocycles. The number of hydrogen-bond acceptors (Lipinski definition) is 8. The van der Waals surface area contributed by atoms with Gasteiger partial charge in [0.05, 0.1) is 43.2 Å². The molecule has 206 valence electrons. The van der Waals surface area contributed by atoms with E-state index in [-0.39, 0.29) is 71.0 Å². The number of aliphatic hydroxyl groups excluding tert-OH is 2. The first-order chi connectivity index (χ1) is 16.6. The van der Waals surface area contributed by atoms with Crippen LogP contribution >= 0.6 is 0 Å². The van der Waals surface area contributed by atoms with Gasteiger partial charge in [-0.3, -0.25) is 0 Å². The zero-order chi connectivity index (χ0) is 24.9. The monoisotopic (exact) mass is 532 g/mol. The quantitative estimate of drug-likeness (QED) is 0.228. The van der Waals surface area contributed by atoms with Crippen molar-refractivity contribution < 1.29 is 69.4 Å². The summed E-state index contributed by atoms with van der Waals surface area (Å²) in [6.07, 6.45) is 12.3. The molecule has 8 saturated carbocycles. The Labute approximate surface area is 243 Å². The van der Waals surface area contributed by atoms with Crippen molar-refractivity contribution in [1.82, 2.24) is 0 Å². The maximum Gasteiger partial charge on any atom is 1.00 e. The van der Waals surface area contributed by atoms with Crippen molar-refractivity contribution in [2.24, 2.45) is 23.7 Å². The molecule has 8 nitrogen and oxygen atoms in total. The Kier molecular flexibility index (Phi) is 10.1. The van der Waals surface area contributed by atoms with E-state index in [2.05, 4.69) is 6.58 Å². The van der Waals surface area contributed by atoms with Gasteiger partial charge in [0.15, 0.2) is 0 Å². The van der Waals surface area contributed by atoms with Crippen molar-refractivity contribution in [3.63, 3.8) is 0 Å². The fraction of sp³-hybridized carbons (Fsp3) is 0.893. The molecule has 0 aromatic carbocycles. The molecule has 4 atom stereocenters. The van der Waals surface area contributed by atoms with Gasteiger partial charge in [0, 0.05) is 18.4 Å². The summed E-state index contributed by atoms with van der Waals surface area (Å²) in [6, 6.07) is 0. The zero-order valence-corrected chi connectivity index (χ0v) is 24.8. The smallest absolute Gasteiger partial charge is 0.870 e. The van der Waals surface area contributed by atoms with Crippen LogP contribution in [-0.2, 0) is 19.0 Å². The van der Waals surface area contributed by atoms with Gasteiger partial charge in [0.2, 0.25) is 0 Å². The fourth-order valence-corrected chi connectivity index (χ4v) is 9.49. The number of hydrogen-bond donors (Lipinski definition) is 3. The summed E-state index contributed by atoms with van der Waals surface area (Å²) >= 11 is 0. The molecule has 0 radical (unpaired) electrons. The van der Waals surface area contributed by atoms with E-state index in [4.69, 9.17) is 24.4 Å². The maximum atomic E-state index is 11.9. The van der Waals surface area contributed by atoms with Crippen molar-refractivity contribution in [3.8, 4) is 0 Å². The minimum absolute atomic E-state index is 0. The van der Waals surface area contributed by atoms with Crippen molar-refractivity contribution in [3.05, 3.63) is 12.2 Å². The van der Waals surface area contributed by atoms with E-state index in [1.165, 1.54) is 12.8 Å². The summed E-state index contributed by atoms with van der Waals surface area (Å²) in [6.45, 7) is 6.33. The summed E-state index contributed by atoms with van der Waals surface area (Å²) in [5.74, 6) is 2.23. The molecule has 4 unspecified atom stereocenters. The first-order valence-electron chi connectivity index (χ1n) is 13.7. The summed E-state index contributed by atoms with van der Waals surface area (Å²) in [5.41, 5.74) is -0.607. The molecule has 0 spiro atoms.